The van der Waals surface area contributed by atoms with Crippen molar-refractivity contribution < 1.29 is 4.79 Å². The third kappa shape index (κ3) is 4.93. The van der Waals surface area contributed by atoms with E-state index in [-0.39, 0.29) is 12.5 Å². The highest BCUT2D eigenvalue weighted by Crippen LogP contribution is 2.18. The predicted molar refractivity (Wildman–Crippen MR) is 98.9 cm³/mol. The molecule has 0 atom stereocenters. The molecule has 2 aromatic carbocycles. The quantitative estimate of drug-likeness (QED) is 0.614. The highest BCUT2D eigenvalue weighted by Gasteiger charge is 2.05. The Kier molecular flexibility index (Phi) is 5.93. The van der Waals surface area contributed by atoms with Crippen LogP contribution in [0.1, 0.15) is 23.6 Å². The van der Waals surface area contributed by atoms with Gasteiger partial charge < -0.3 is 5.32 Å². The molecule has 0 aliphatic heterocycles. The molecule has 0 fully saturated rings. The first-order valence-corrected chi connectivity index (χ1v) is 8.16. The summed E-state index contributed by atoms with van der Waals surface area (Å²) in [6, 6.07) is 13.8. The molecule has 0 aliphatic carbocycles. The second kappa shape index (κ2) is 7.92. The number of anilines is 1. The van der Waals surface area contributed by atoms with Crippen LogP contribution in [0.5, 0.6) is 0 Å². The first kappa shape index (κ1) is 17.2. The van der Waals surface area contributed by atoms with Crippen LogP contribution < -0.4 is 10.7 Å². The van der Waals surface area contributed by atoms with Crippen LogP contribution in [0, 0.1) is 13.8 Å². The zero-order valence-corrected chi connectivity index (χ0v) is 15.1. The van der Waals surface area contributed by atoms with Crippen LogP contribution in [0.2, 0.25) is 0 Å². The van der Waals surface area contributed by atoms with Gasteiger partial charge in [-0.15, -0.1) is 0 Å². The minimum absolute atomic E-state index is 0.179. The van der Waals surface area contributed by atoms with E-state index in [1.807, 2.05) is 63.2 Å². The van der Waals surface area contributed by atoms with Crippen LogP contribution in [-0.4, -0.2) is 18.2 Å². The number of para-hydroxylation sites is 1. The van der Waals surface area contributed by atoms with Gasteiger partial charge >= 0.3 is 0 Å². The zero-order valence-electron chi connectivity index (χ0n) is 13.5. The Hall–Kier alpha value is -2.14. The van der Waals surface area contributed by atoms with Crippen molar-refractivity contribution in [2.45, 2.75) is 20.8 Å². The lowest BCUT2D eigenvalue weighted by Crippen LogP contribution is -2.27. The number of halogens is 1. The van der Waals surface area contributed by atoms with E-state index in [1.165, 1.54) is 0 Å². The molecule has 0 spiro atoms. The largest absolute Gasteiger partial charge is 0.376 e. The number of hydrogen-bond acceptors (Lipinski definition) is 3. The molecule has 0 aromatic heterocycles. The average molecular weight is 374 g/mol. The van der Waals surface area contributed by atoms with E-state index in [1.54, 1.807) is 0 Å². The average Bonchev–Trinajstić information content (AvgIpc) is 2.52. The molecule has 2 aromatic rings. The standard InChI is InChI=1S/C18H20BrN3O/c1-12-6-4-7-13(2)18(12)20-11-17(23)22-21-14(3)15-8-5-9-16(19)10-15/h4-10,20H,11H2,1-3H3,(H,22,23)/b21-14+. The monoisotopic (exact) mass is 373 g/mol. The Balaban J connectivity index is 1.94. The van der Waals surface area contributed by atoms with Gasteiger partial charge in [-0.05, 0) is 49.6 Å². The van der Waals surface area contributed by atoms with Crippen LogP contribution in [0.3, 0.4) is 0 Å². The number of hydrazone groups is 1. The maximum absolute atomic E-state index is 12.0. The van der Waals surface area contributed by atoms with Crippen molar-refractivity contribution in [3.05, 3.63) is 63.6 Å². The van der Waals surface area contributed by atoms with Gasteiger partial charge in [-0.2, -0.15) is 5.10 Å². The molecule has 0 saturated carbocycles. The van der Waals surface area contributed by atoms with Gasteiger partial charge in [-0.1, -0.05) is 46.3 Å². The lowest BCUT2D eigenvalue weighted by Gasteiger charge is -2.11. The Bertz CT molecular complexity index is 721. The summed E-state index contributed by atoms with van der Waals surface area (Å²) < 4.78 is 0.979. The van der Waals surface area contributed by atoms with E-state index < -0.39 is 0 Å². The smallest absolute Gasteiger partial charge is 0.259 e. The summed E-state index contributed by atoms with van der Waals surface area (Å²) in [6.07, 6.45) is 0. The summed E-state index contributed by atoms with van der Waals surface area (Å²) in [4.78, 5) is 12.0. The third-order valence-corrected chi connectivity index (χ3v) is 3.99. The summed E-state index contributed by atoms with van der Waals surface area (Å²) in [6.45, 7) is 6.08. The Morgan fingerprint density at radius 3 is 2.43 bits per heavy atom. The van der Waals surface area contributed by atoms with Gasteiger partial charge in [0.2, 0.25) is 0 Å². The van der Waals surface area contributed by atoms with Gasteiger partial charge in [0.15, 0.2) is 0 Å². The summed E-state index contributed by atoms with van der Waals surface area (Å²) in [5.74, 6) is -0.179. The van der Waals surface area contributed by atoms with Crippen molar-refractivity contribution in [1.29, 1.82) is 0 Å². The molecule has 0 heterocycles. The van der Waals surface area contributed by atoms with Crippen molar-refractivity contribution in [2.75, 3.05) is 11.9 Å². The van der Waals surface area contributed by atoms with Gasteiger partial charge in [0, 0.05) is 10.2 Å². The highest BCUT2D eigenvalue weighted by atomic mass is 79.9. The minimum Gasteiger partial charge on any atom is -0.376 e. The second-order valence-corrected chi connectivity index (χ2v) is 6.28. The summed E-state index contributed by atoms with van der Waals surface area (Å²) in [7, 11) is 0. The fourth-order valence-corrected chi connectivity index (χ4v) is 2.63. The summed E-state index contributed by atoms with van der Waals surface area (Å²) >= 11 is 3.42. The van der Waals surface area contributed by atoms with Crippen molar-refractivity contribution in [3.63, 3.8) is 0 Å². The number of carbonyl (C=O) groups excluding carboxylic acids is 1. The molecule has 2 rings (SSSR count). The fraction of sp³-hybridized carbons (Fsp3) is 0.222. The molecule has 23 heavy (non-hydrogen) atoms. The number of carbonyl (C=O) groups is 1. The van der Waals surface area contributed by atoms with Crippen molar-refractivity contribution >= 4 is 33.2 Å². The molecule has 0 unspecified atom stereocenters. The number of benzene rings is 2. The van der Waals surface area contributed by atoms with Crippen LogP contribution in [0.4, 0.5) is 5.69 Å². The van der Waals surface area contributed by atoms with Gasteiger partial charge in [0.25, 0.3) is 5.91 Å². The normalized spacial score (nSPS) is 11.2. The molecule has 0 aliphatic rings. The van der Waals surface area contributed by atoms with E-state index in [0.29, 0.717) is 0 Å². The van der Waals surface area contributed by atoms with E-state index in [0.717, 1.165) is 32.6 Å². The molecular formula is C18H20BrN3O. The molecule has 1 amide bonds. The Labute approximate surface area is 145 Å². The molecule has 5 heteroatoms. The minimum atomic E-state index is -0.179. The molecule has 0 saturated heterocycles. The number of nitrogens with one attached hydrogen (secondary N) is 2. The third-order valence-electron chi connectivity index (χ3n) is 3.50. The first-order valence-electron chi connectivity index (χ1n) is 7.36. The van der Waals surface area contributed by atoms with Crippen LogP contribution >= 0.6 is 15.9 Å². The highest BCUT2D eigenvalue weighted by molar-refractivity contribution is 9.10. The maximum atomic E-state index is 12.0. The van der Waals surface area contributed by atoms with Gasteiger partial charge in [0.05, 0.1) is 12.3 Å². The van der Waals surface area contributed by atoms with Crippen LogP contribution in [0.25, 0.3) is 0 Å². The lowest BCUT2D eigenvalue weighted by molar-refractivity contribution is -0.119. The molecule has 0 bridgehead atoms. The van der Waals surface area contributed by atoms with Crippen molar-refractivity contribution in [2.24, 2.45) is 5.10 Å². The van der Waals surface area contributed by atoms with Crippen molar-refractivity contribution in [3.8, 4) is 0 Å². The maximum Gasteiger partial charge on any atom is 0.259 e. The molecule has 0 radical (unpaired) electrons. The molecular weight excluding hydrogens is 354 g/mol. The predicted octanol–water partition coefficient (Wildman–Crippen LogP) is 4.02. The zero-order chi connectivity index (χ0) is 16.8. The Morgan fingerprint density at radius 2 is 1.78 bits per heavy atom. The fourth-order valence-electron chi connectivity index (χ4n) is 2.23. The first-order chi connectivity index (χ1) is 11.0. The summed E-state index contributed by atoms with van der Waals surface area (Å²) in [5, 5.41) is 7.31. The van der Waals surface area contributed by atoms with Crippen molar-refractivity contribution in [1.82, 2.24) is 5.43 Å². The molecule has 120 valence electrons. The number of rotatable bonds is 5. The SMILES string of the molecule is C/C(=N\NC(=O)CNc1c(C)cccc1C)c1cccc(Br)c1. The number of hydrogen-bond donors (Lipinski definition) is 2. The number of amides is 1. The molecule has 2 N–H and O–H groups in total. The van der Waals surface area contributed by atoms with E-state index in [4.69, 9.17) is 0 Å². The number of aryl methyl sites for hydroxylation is 2. The summed E-state index contributed by atoms with van der Waals surface area (Å²) in [5.41, 5.74) is 7.53. The lowest BCUT2D eigenvalue weighted by atomic mass is 10.1. The van der Waals surface area contributed by atoms with E-state index in [2.05, 4.69) is 31.8 Å². The van der Waals surface area contributed by atoms with Gasteiger partial charge in [0.1, 0.15) is 0 Å². The van der Waals surface area contributed by atoms with Crippen LogP contribution in [-0.2, 0) is 4.79 Å². The second-order valence-electron chi connectivity index (χ2n) is 5.36. The Morgan fingerprint density at radius 1 is 1.13 bits per heavy atom. The van der Waals surface area contributed by atoms with E-state index in [9.17, 15) is 4.79 Å². The topological polar surface area (TPSA) is 53.5 Å². The van der Waals surface area contributed by atoms with Crippen LogP contribution in [0.15, 0.2) is 52.0 Å². The molecule has 4 nitrogen and oxygen atoms in total. The van der Waals surface area contributed by atoms with Gasteiger partial charge in [-0.25, -0.2) is 5.43 Å². The number of nitrogens with zero attached hydrogens (tertiary/aromatic N) is 1. The van der Waals surface area contributed by atoms with Gasteiger partial charge in [-0.3, -0.25) is 4.79 Å². The van der Waals surface area contributed by atoms with E-state index >= 15 is 0 Å².